The van der Waals surface area contributed by atoms with Gasteiger partial charge in [-0.05, 0) is 49.3 Å². The molecule has 20 heavy (non-hydrogen) atoms. The van der Waals surface area contributed by atoms with Crippen LogP contribution in [0.15, 0.2) is 24.3 Å². The molecule has 0 spiro atoms. The van der Waals surface area contributed by atoms with Gasteiger partial charge in [0.1, 0.15) is 5.75 Å². The molecule has 1 aromatic rings. The minimum atomic E-state index is 0.188. The molecule has 1 aliphatic carbocycles. The van der Waals surface area contributed by atoms with Crippen LogP contribution in [-0.4, -0.2) is 6.61 Å². The van der Waals surface area contributed by atoms with Crippen molar-refractivity contribution in [2.75, 3.05) is 6.61 Å². The highest BCUT2D eigenvalue weighted by Crippen LogP contribution is 2.37. The first-order valence-electron chi connectivity index (χ1n) is 8.22. The summed E-state index contributed by atoms with van der Waals surface area (Å²) in [5.41, 5.74) is 7.73. The summed E-state index contributed by atoms with van der Waals surface area (Å²) in [5, 5.41) is 0. The molecule has 2 rings (SSSR count). The fraction of sp³-hybridized carbons (Fsp3) is 0.667. The molecule has 0 saturated heterocycles. The van der Waals surface area contributed by atoms with Crippen LogP contribution in [0.2, 0.25) is 0 Å². The van der Waals surface area contributed by atoms with Gasteiger partial charge in [-0.15, -0.1) is 0 Å². The van der Waals surface area contributed by atoms with Crippen LogP contribution in [0.25, 0.3) is 0 Å². The summed E-state index contributed by atoms with van der Waals surface area (Å²) >= 11 is 0. The van der Waals surface area contributed by atoms with E-state index in [-0.39, 0.29) is 6.04 Å². The lowest BCUT2D eigenvalue weighted by atomic mass is 9.76. The summed E-state index contributed by atoms with van der Waals surface area (Å²) in [4.78, 5) is 0. The van der Waals surface area contributed by atoms with Crippen LogP contribution >= 0.6 is 0 Å². The van der Waals surface area contributed by atoms with Crippen molar-refractivity contribution in [3.63, 3.8) is 0 Å². The number of benzene rings is 1. The van der Waals surface area contributed by atoms with Gasteiger partial charge in [0.2, 0.25) is 0 Å². The van der Waals surface area contributed by atoms with E-state index in [4.69, 9.17) is 10.5 Å². The lowest BCUT2D eigenvalue weighted by Crippen LogP contribution is -2.26. The zero-order chi connectivity index (χ0) is 14.4. The maximum atomic E-state index is 6.47. The van der Waals surface area contributed by atoms with E-state index in [1.807, 2.05) is 19.1 Å². The van der Waals surface area contributed by atoms with Crippen LogP contribution in [0.5, 0.6) is 5.75 Å². The lowest BCUT2D eigenvalue weighted by Gasteiger charge is -2.32. The van der Waals surface area contributed by atoms with E-state index >= 15 is 0 Å². The molecule has 0 radical (unpaired) electrons. The third-order valence-corrected chi connectivity index (χ3v) is 4.67. The summed E-state index contributed by atoms with van der Waals surface area (Å²) in [6, 6.07) is 8.54. The Bertz CT molecular complexity index is 379. The monoisotopic (exact) mass is 275 g/mol. The van der Waals surface area contributed by atoms with Gasteiger partial charge in [-0.2, -0.15) is 0 Å². The molecule has 1 aliphatic rings. The molecule has 0 amide bonds. The highest BCUT2D eigenvalue weighted by atomic mass is 16.5. The van der Waals surface area contributed by atoms with Crippen LogP contribution in [0, 0.1) is 11.8 Å². The zero-order valence-corrected chi connectivity index (χ0v) is 13.0. The maximum absolute atomic E-state index is 6.47. The first-order chi connectivity index (χ1) is 9.74. The Morgan fingerprint density at radius 2 is 1.75 bits per heavy atom. The normalized spacial score (nSPS) is 24.4. The maximum Gasteiger partial charge on any atom is 0.119 e. The second-order valence-electron chi connectivity index (χ2n) is 6.10. The Balaban J connectivity index is 1.89. The Labute approximate surface area is 123 Å². The molecular weight excluding hydrogens is 246 g/mol. The molecule has 2 N–H and O–H groups in total. The van der Waals surface area contributed by atoms with Crippen LogP contribution in [0.4, 0.5) is 0 Å². The highest BCUT2D eigenvalue weighted by Gasteiger charge is 2.25. The third kappa shape index (κ3) is 3.99. The van der Waals surface area contributed by atoms with Crippen molar-refractivity contribution in [2.24, 2.45) is 17.6 Å². The largest absolute Gasteiger partial charge is 0.494 e. The Hall–Kier alpha value is -1.02. The fourth-order valence-corrected chi connectivity index (χ4v) is 3.47. The van der Waals surface area contributed by atoms with Gasteiger partial charge in [-0.3, -0.25) is 0 Å². The van der Waals surface area contributed by atoms with Gasteiger partial charge in [-0.25, -0.2) is 0 Å². The summed E-state index contributed by atoms with van der Waals surface area (Å²) in [6.45, 7) is 5.01. The van der Waals surface area contributed by atoms with E-state index in [0.29, 0.717) is 12.5 Å². The van der Waals surface area contributed by atoms with Gasteiger partial charge in [0, 0.05) is 6.04 Å². The molecule has 2 heteroatoms. The Kier molecular flexibility index (Phi) is 5.90. The van der Waals surface area contributed by atoms with Crippen LogP contribution < -0.4 is 10.5 Å². The molecule has 0 aromatic heterocycles. The molecule has 0 bridgehead atoms. The first kappa shape index (κ1) is 15.4. The Morgan fingerprint density at radius 3 is 2.30 bits per heavy atom. The molecule has 2 nitrogen and oxygen atoms in total. The van der Waals surface area contributed by atoms with Crippen LogP contribution in [-0.2, 0) is 0 Å². The third-order valence-electron chi connectivity index (χ3n) is 4.67. The van der Waals surface area contributed by atoms with Crippen molar-refractivity contribution in [2.45, 2.75) is 58.4 Å². The van der Waals surface area contributed by atoms with Gasteiger partial charge >= 0.3 is 0 Å². The highest BCUT2D eigenvalue weighted by molar-refractivity contribution is 5.29. The van der Waals surface area contributed by atoms with Crippen molar-refractivity contribution in [1.29, 1.82) is 0 Å². The first-order valence-corrected chi connectivity index (χ1v) is 8.22. The average Bonchev–Trinajstić information content (AvgIpc) is 2.49. The van der Waals surface area contributed by atoms with Gasteiger partial charge in [0.15, 0.2) is 0 Å². The predicted molar refractivity (Wildman–Crippen MR) is 84.9 cm³/mol. The number of rotatable bonds is 6. The average molecular weight is 275 g/mol. The van der Waals surface area contributed by atoms with E-state index in [1.54, 1.807) is 0 Å². The van der Waals surface area contributed by atoms with Gasteiger partial charge in [0.05, 0.1) is 6.61 Å². The van der Waals surface area contributed by atoms with Crippen LogP contribution in [0.3, 0.4) is 0 Å². The molecule has 0 aliphatic heterocycles. The molecule has 1 saturated carbocycles. The fourth-order valence-electron chi connectivity index (χ4n) is 3.47. The summed E-state index contributed by atoms with van der Waals surface area (Å²) in [7, 11) is 0. The minimum Gasteiger partial charge on any atom is -0.494 e. The number of hydrogen-bond donors (Lipinski definition) is 1. The summed E-state index contributed by atoms with van der Waals surface area (Å²) in [5.74, 6) is 2.54. The van der Waals surface area contributed by atoms with Crippen molar-refractivity contribution >= 4 is 0 Å². The van der Waals surface area contributed by atoms with Gasteiger partial charge in [-0.1, -0.05) is 44.7 Å². The second kappa shape index (κ2) is 7.68. The standard InChI is InChI=1S/C18H29NO/c1-3-5-14-6-8-15(9-7-14)18(19)16-10-12-17(13-11-16)20-4-2/h10-15,18H,3-9,19H2,1-2H3. The Morgan fingerprint density at radius 1 is 1.10 bits per heavy atom. The zero-order valence-electron chi connectivity index (χ0n) is 13.0. The molecule has 0 heterocycles. The molecule has 112 valence electrons. The van der Waals surface area contributed by atoms with E-state index in [2.05, 4.69) is 19.1 Å². The lowest BCUT2D eigenvalue weighted by molar-refractivity contribution is 0.234. The topological polar surface area (TPSA) is 35.2 Å². The summed E-state index contributed by atoms with van der Waals surface area (Å²) < 4.78 is 5.49. The van der Waals surface area contributed by atoms with Gasteiger partial charge in [0.25, 0.3) is 0 Å². The quantitative estimate of drug-likeness (QED) is 0.817. The van der Waals surface area contributed by atoms with Crippen molar-refractivity contribution in [1.82, 2.24) is 0 Å². The van der Waals surface area contributed by atoms with Gasteiger partial charge < -0.3 is 10.5 Å². The molecule has 1 aromatic carbocycles. The second-order valence-corrected chi connectivity index (χ2v) is 6.10. The van der Waals surface area contributed by atoms with Crippen LogP contribution in [0.1, 0.15) is 64.0 Å². The number of nitrogens with two attached hydrogens (primary N) is 1. The van der Waals surface area contributed by atoms with E-state index < -0.39 is 0 Å². The number of ether oxygens (including phenoxy) is 1. The van der Waals surface area contributed by atoms with E-state index in [9.17, 15) is 0 Å². The summed E-state index contributed by atoms with van der Waals surface area (Å²) in [6.07, 6.45) is 8.02. The predicted octanol–water partition coefficient (Wildman–Crippen LogP) is 4.69. The molecular formula is C18H29NO. The van der Waals surface area contributed by atoms with E-state index in [1.165, 1.54) is 44.1 Å². The molecule has 1 fully saturated rings. The van der Waals surface area contributed by atoms with E-state index in [0.717, 1.165) is 11.7 Å². The van der Waals surface area contributed by atoms with Crippen molar-refractivity contribution < 1.29 is 4.74 Å². The van der Waals surface area contributed by atoms with Crippen molar-refractivity contribution in [3.8, 4) is 5.75 Å². The SMILES string of the molecule is CCCC1CCC(C(N)c2ccc(OCC)cc2)CC1. The minimum absolute atomic E-state index is 0.188. The molecule has 1 unspecified atom stereocenters. The molecule has 1 atom stereocenters. The smallest absolute Gasteiger partial charge is 0.119 e. The number of hydrogen-bond acceptors (Lipinski definition) is 2. The van der Waals surface area contributed by atoms with Crippen molar-refractivity contribution in [3.05, 3.63) is 29.8 Å².